The van der Waals surface area contributed by atoms with Crippen LogP contribution in [0.5, 0.6) is 0 Å². The van der Waals surface area contributed by atoms with Crippen molar-refractivity contribution in [3.63, 3.8) is 0 Å². The van der Waals surface area contributed by atoms with Gasteiger partial charge in [0.2, 0.25) is 0 Å². The molecule has 1 unspecified atom stereocenters. The number of fused-ring (bicyclic) bond motifs is 1. The van der Waals surface area contributed by atoms with Crippen molar-refractivity contribution < 1.29 is 8.42 Å². The zero-order valence-corrected chi connectivity index (χ0v) is 18.3. The van der Waals surface area contributed by atoms with Gasteiger partial charge in [0.15, 0.2) is 9.84 Å². The van der Waals surface area contributed by atoms with Crippen LogP contribution >= 0.6 is 22.9 Å². The third-order valence-electron chi connectivity index (χ3n) is 4.60. The van der Waals surface area contributed by atoms with Gasteiger partial charge in [0.05, 0.1) is 10.3 Å². The van der Waals surface area contributed by atoms with Gasteiger partial charge in [0.25, 0.3) is 5.56 Å². The van der Waals surface area contributed by atoms with Gasteiger partial charge in [-0.15, -0.1) is 11.3 Å². The Balaban J connectivity index is 2.26. The van der Waals surface area contributed by atoms with Gasteiger partial charge in [0.1, 0.15) is 10.7 Å². The van der Waals surface area contributed by atoms with Crippen LogP contribution in [0.2, 0.25) is 5.02 Å². The van der Waals surface area contributed by atoms with Gasteiger partial charge in [-0.3, -0.25) is 4.79 Å². The molecule has 0 spiro atoms. The molecule has 0 aliphatic rings. The molecule has 28 heavy (non-hydrogen) atoms. The van der Waals surface area contributed by atoms with E-state index in [1.54, 1.807) is 24.3 Å². The van der Waals surface area contributed by atoms with Crippen molar-refractivity contribution in [2.75, 3.05) is 6.26 Å². The monoisotopic (exact) mass is 436 g/mol. The minimum absolute atomic E-state index is 0.150. The van der Waals surface area contributed by atoms with E-state index in [1.165, 1.54) is 23.7 Å². The SMILES string of the molecule is CCCC(CC)c1cc(S(C)(=O)=O)cc(-c2nc(=O)c3ccc(Cl)cc3s2)n1. The second-order valence-electron chi connectivity index (χ2n) is 6.74. The van der Waals surface area contributed by atoms with Crippen molar-refractivity contribution in [1.82, 2.24) is 9.97 Å². The van der Waals surface area contributed by atoms with Crippen molar-refractivity contribution in [2.45, 2.75) is 43.9 Å². The molecule has 148 valence electrons. The summed E-state index contributed by atoms with van der Waals surface area (Å²) >= 11 is 7.34. The quantitative estimate of drug-likeness (QED) is 0.539. The smallest absolute Gasteiger partial charge is 0.267 e. The number of rotatable bonds is 6. The van der Waals surface area contributed by atoms with Crippen molar-refractivity contribution in [2.24, 2.45) is 0 Å². The molecule has 0 N–H and O–H groups in total. The van der Waals surface area contributed by atoms with Crippen LogP contribution in [-0.4, -0.2) is 24.6 Å². The molecule has 5 nitrogen and oxygen atoms in total. The molecule has 0 bridgehead atoms. The number of benzene rings is 1. The number of pyridine rings is 1. The standard InChI is InChI=1S/C20H21ClN2O3S2/c1-4-6-12(5-2)16-10-14(28(3,25)26)11-17(22-16)20-23-19(24)15-8-7-13(21)9-18(15)27-20/h7-12H,4-6H2,1-3H3. The average Bonchev–Trinajstić information content (AvgIpc) is 2.64. The lowest BCUT2D eigenvalue weighted by Gasteiger charge is -2.15. The molecule has 0 fully saturated rings. The van der Waals surface area contributed by atoms with Gasteiger partial charge < -0.3 is 0 Å². The highest BCUT2D eigenvalue weighted by Gasteiger charge is 2.19. The summed E-state index contributed by atoms with van der Waals surface area (Å²) in [4.78, 5) is 21.5. The topological polar surface area (TPSA) is 77.0 Å². The van der Waals surface area contributed by atoms with E-state index < -0.39 is 9.84 Å². The van der Waals surface area contributed by atoms with E-state index in [9.17, 15) is 13.2 Å². The molecule has 3 rings (SSSR count). The predicted octanol–water partition coefficient (Wildman–Crippen LogP) is 5.07. The van der Waals surface area contributed by atoms with E-state index in [0.29, 0.717) is 25.8 Å². The Morgan fingerprint density at radius 2 is 1.89 bits per heavy atom. The summed E-state index contributed by atoms with van der Waals surface area (Å²) in [6.07, 6.45) is 3.91. The number of hydrogen-bond acceptors (Lipinski definition) is 6. The van der Waals surface area contributed by atoms with Crippen LogP contribution < -0.4 is 5.56 Å². The predicted molar refractivity (Wildman–Crippen MR) is 115 cm³/mol. The van der Waals surface area contributed by atoms with Gasteiger partial charge in [0, 0.05) is 27.6 Å². The Labute approximate surface area is 173 Å². The maximum Gasteiger partial charge on any atom is 0.279 e. The van der Waals surface area contributed by atoms with E-state index in [1.807, 2.05) is 0 Å². The van der Waals surface area contributed by atoms with Crippen LogP contribution in [0, 0.1) is 0 Å². The van der Waals surface area contributed by atoms with E-state index >= 15 is 0 Å². The third kappa shape index (κ3) is 4.42. The lowest BCUT2D eigenvalue weighted by atomic mass is 9.96. The van der Waals surface area contributed by atoms with Gasteiger partial charge in [-0.1, -0.05) is 31.9 Å². The number of nitrogens with zero attached hydrogens (tertiary/aromatic N) is 2. The molecular formula is C20H21ClN2O3S2. The number of hydrogen-bond donors (Lipinski definition) is 0. The van der Waals surface area contributed by atoms with Crippen LogP contribution in [0.25, 0.3) is 20.8 Å². The third-order valence-corrected chi connectivity index (χ3v) is 6.98. The molecule has 2 aromatic heterocycles. The molecule has 0 aliphatic carbocycles. The van der Waals surface area contributed by atoms with Gasteiger partial charge in [-0.25, -0.2) is 13.4 Å². The highest BCUT2D eigenvalue weighted by Crippen LogP contribution is 2.31. The maximum absolute atomic E-state index is 12.4. The molecule has 0 saturated heterocycles. The molecule has 0 radical (unpaired) electrons. The molecule has 3 aromatic rings. The Hall–Kier alpha value is -1.83. The molecule has 0 aliphatic heterocycles. The summed E-state index contributed by atoms with van der Waals surface area (Å²) in [6, 6.07) is 8.14. The van der Waals surface area contributed by atoms with Crippen molar-refractivity contribution in [3.05, 3.63) is 51.4 Å². The van der Waals surface area contributed by atoms with Gasteiger partial charge in [-0.05, 0) is 43.2 Å². The minimum Gasteiger partial charge on any atom is -0.267 e. The largest absolute Gasteiger partial charge is 0.279 e. The summed E-state index contributed by atoms with van der Waals surface area (Å²) in [5, 5.41) is 1.39. The van der Waals surface area contributed by atoms with E-state index in [2.05, 4.69) is 23.8 Å². The Bertz CT molecular complexity index is 1190. The first-order valence-electron chi connectivity index (χ1n) is 9.05. The first-order chi connectivity index (χ1) is 13.2. The summed E-state index contributed by atoms with van der Waals surface area (Å²) in [5.74, 6) is 0.150. The van der Waals surface area contributed by atoms with Crippen LogP contribution in [0.4, 0.5) is 0 Å². The molecule has 1 atom stereocenters. The fourth-order valence-corrected chi connectivity index (χ4v) is 5.01. The molecule has 1 aromatic carbocycles. The van der Waals surface area contributed by atoms with Crippen LogP contribution in [-0.2, 0) is 9.84 Å². The fourth-order valence-electron chi connectivity index (χ4n) is 3.11. The van der Waals surface area contributed by atoms with E-state index in [4.69, 9.17) is 11.6 Å². The number of sulfone groups is 1. The first-order valence-corrected chi connectivity index (χ1v) is 12.1. The lowest BCUT2D eigenvalue weighted by Crippen LogP contribution is -2.09. The summed E-state index contributed by atoms with van der Waals surface area (Å²) < 4.78 is 25.2. The van der Waals surface area contributed by atoms with Gasteiger partial charge >= 0.3 is 0 Å². The minimum atomic E-state index is -3.43. The van der Waals surface area contributed by atoms with Crippen molar-refractivity contribution >= 4 is 42.9 Å². The number of aromatic nitrogens is 2. The number of halogens is 1. The fraction of sp³-hybridized carbons (Fsp3) is 0.350. The Kier molecular flexibility index (Phi) is 6.17. The van der Waals surface area contributed by atoms with Gasteiger partial charge in [-0.2, -0.15) is 4.98 Å². The summed E-state index contributed by atoms with van der Waals surface area (Å²) in [5.41, 5.74) is 0.737. The second-order valence-corrected chi connectivity index (χ2v) is 10.2. The van der Waals surface area contributed by atoms with E-state index in [-0.39, 0.29) is 16.4 Å². The van der Waals surface area contributed by atoms with Crippen LogP contribution in [0.3, 0.4) is 0 Å². The summed E-state index contributed by atoms with van der Waals surface area (Å²) in [7, 11) is -3.43. The molecule has 2 heterocycles. The lowest BCUT2D eigenvalue weighted by molar-refractivity contribution is 0.578. The summed E-state index contributed by atoms with van der Waals surface area (Å²) in [6.45, 7) is 4.15. The van der Waals surface area contributed by atoms with E-state index in [0.717, 1.165) is 25.0 Å². The molecule has 0 saturated carbocycles. The van der Waals surface area contributed by atoms with Crippen molar-refractivity contribution in [3.8, 4) is 10.7 Å². The normalized spacial score (nSPS) is 13.0. The highest BCUT2D eigenvalue weighted by atomic mass is 35.5. The maximum atomic E-state index is 12.4. The van der Waals surface area contributed by atoms with Crippen LogP contribution in [0.1, 0.15) is 44.7 Å². The zero-order valence-electron chi connectivity index (χ0n) is 15.9. The molecule has 0 amide bonds. The average molecular weight is 437 g/mol. The van der Waals surface area contributed by atoms with Crippen molar-refractivity contribution in [1.29, 1.82) is 0 Å². The van der Waals surface area contributed by atoms with Crippen LogP contribution in [0.15, 0.2) is 40.0 Å². The second kappa shape index (κ2) is 8.27. The molecule has 8 heteroatoms. The Morgan fingerprint density at radius 3 is 2.54 bits per heavy atom. The molecular weight excluding hydrogens is 416 g/mol. The Morgan fingerprint density at radius 1 is 1.14 bits per heavy atom. The first kappa shape index (κ1) is 20.9. The highest BCUT2D eigenvalue weighted by molar-refractivity contribution is 7.90. The zero-order chi connectivity index (χ0) is 20.5.